The van der Waals surface area contributed by atoms with Crippen molar-refractivity contribution >= 4 is 34.0 Å². The van der Waals surface area contributed by atoms with Crippen molar-refractivity contribution in [2.75, 3.05) is 7.11 Å². The molecule has 3 heterocycles. The second-order valence-electron chi connectivity index (χ2n) is 5.74. The first-order chi connectivity index (χ1) is 13.2. The van der Waals surface area contributed by atoms with Gasteiger partial charge in [-0.05, 0) is 36.4 Å². The summed E-state index contributed by atoms with van der Waals surface area (Å²) < 4.78 is 16.0. The van der Waals surface area contributed by atoms with Gasteiger partial charge in [0.05, 0.1) is 24.8 Å². The Hall–Kier alpha value is -3.32. The van der Waals surface area contributed by atoms with E-state index in [1.165, 1.54) is 17.6 Å². The van der Waals surface area contributed by atoms with E-state index in [4.69, 9.17) is 13.6 Å². The van der Waals surface area contributed by atoms with Gasteiger partial charge in [-0.15, -0.1) is 11.3 Å². The van der Waals surface area contributed by atoms with Crippen molar-refractivity contribution in [3.05, 3.63) is 76.1 Å². The van der Waals surface area contributed by atoms with Gasteiger partial charge in [0.25, 0.3) is 5.91 Å². The lowest BCUT2D eigenvalue weighted by Gasteiger charge is -2.01. The zero-order valence-electron chi connectivity index (χ0n) is 14.4. The number of ketones is 1. The number of amides is 1. The standard InChI is InChI=1S/C20H15NO5S/c1-24-15-5-2-4-12-10-16(26-19(12)15)20(23)21-11-13-7-8-17(27-13)18(22)14-6-3-9-25-14/h2-10H,11H2,1H3,(H,21,23). The molecule has 6 nitrogen and oxygen atoms in total. The number of nitrogens with one attached hydrogen (secondary N) is 1. The highest BCUT2D eigenvalue weighted by Gasteiger charge is 2.17. The number of hydrogen-bond acceptors (Lipinski definition) is 6. The molecule has 0 atom stereocenters. The van der Waals surface area contributed by atoms with Gasteiger partial charge < -0.3 is 18.9 Å². The van der Waals surface area contributed by atoms with Crippen LogP contribution in [-0.4, -0.2) is 18.8 Å². The van der Waals surface area contributed by atoms with Crippen LogP contribution in [0, 0.1) is 0 Å². The van der Waals surface area contributed by atoms with E-state index in [1.807, 2.05) is 18.2 Å². The van der Waals surface area contributed by atoms with Crippen LogP contribution in [0.4, 0.5) is 0 Å². The van der Waals surface area contributed by atoms with Crippen molar-refractivity contribution in [3.8, 4) is 5.75 Å². The minimum atomic E-state index is -0.333. The van der Waals surface area contributed by atoms with Gasteiger partial charge in [-0.3, -0.25) is 9.59 Å². The molecule has 0 unspecified atom stereocenters. The van der Waals surface area contributed by atoms with E-state index in [2.05, 4.69) is 5.32 Å². The van der Waals surface area contributed by atoms with E-state index >= 15 is 0 Å². The van der Waals surface area contributed by atoms with Crippen LogP contribution in [0.25, 0.3) is 11.0 Å². The van der Waals surface area contributed by atoms with E-state index in [-0.39, 0.29) is 17.5 Å². The summed E-state index contributed by atoms with van der Waals surface area (Å²) >= 11 is 1.31. The zero-order valence-corrected chi connectivity index (χ0v) is 15.2. The molecule has 4 aromatic rings. The molecule has 0 bridgehead atoms. The second-order valence-corrected chi connectivity index (χ2v) is 6.91. The molecule has 1 N–H and O–H groups in total. The van der Waals surface area contributed by atoms with Crippen LogP contribution in [0.1, 0.15) is 30.9 Å². The Morgan fingerprint density at radius 2 is 2.00 bits per heavy atom. The molecule has 0 fully saturated rings. The highest BCUT2D eigenvalue weighted by atomic mass is 32.1. The number of thiophene rings is 1. The van der Waals surface area contributed by atoms with Crippen molar-refractivity contribution in [2.24, 2.45) is 0 Å². The predicted octanol–water partition coefficient (Wildman–Crippen LogP) is 4.26. The van der Waals surface area contributed by atoms with Crippen molar-refractivity contribution < 1.29 is 23.2 Å². The van der Waals surface area contributed by atoms with E-state index in [0.717, 1.165) is 10.3 Å². The summed E-state index contributed by atoms with van der Waals surface area (Å²) in [6, 6.07) is 14.0. The monoisotopic (exact) mass is 381 g/mol. The molecule has 0 saturated heterocycles. The van der Waals surface area contributed by atoms with Gasteiger partial charge in [0, 0.05) is 10.3 Å². The van der Waals surface area contributed by atoms with Gasteiger partial charge in [-0.25, -0.2) is 0 Å². The average molecular weight is 381 g/mol. The third-order valence-corrected chi connectivity index (χ3v) is 5.09. The highest BCUT2D eigenvalue weighted by Crippen LogP contribution is 2.28. The zero-order chi connectivity index (χ0) is 18.8. The third kappa shape index (κ3) is 3.37. The molecule has 0 radical (unpaired) electrons. The molecule has 3 aromatic heterocycles. The van der Waals surface area contributed by atoms with Crippen LogP contribution in [0.15, 0.2) is 63.6 Å². The van der Waals surface area contributed by atoms with Gasteiger partial charge in [0.2, 0.25) is 5.78 Å². The quantitative estimate of drug-likeness (QED) is 0.505. The molecule has 7 heteroatoms. The number of fused-ring (bicyclic) bond motifs is 1. The lowest BCUT2D eigenvalue weighted by Crippen LogP contribution is -2.21. The Bertz CT molecular complexity index is 1110. The predicted molar refractivity (Wildman–Crippen MR) is 100 cm³/mol. The van der Waals surface area contributed by atoms with Crippen LogP contribution < -0.4 is 10.1 Å². The first-order valence-corrected chi connectivity index (χ1v) is 8.99. The topological polar surface area (TPSA) is 81.7 Å². The number of carbonyl (C=O) groups is 2. The maximum atomic E-state index is 12.4. The molecule has 0 aliphatic carbocycles. The van der Waals surface area contributed by atoms with Crippen molar-refractivity contribution in [2.45, 2.75) is 6.54 Å². The fraction of sp³-hybridized carbons (Fsp3) is 0.100. The molecule has 1 aromatic carbocycles. The van der Waals surface area contributed by atoms with Crippen molar-refractivity contribution in [3.63, 3.8) is 0 Å². The Labute approximate surface area is 158 Å². The van der Waals surface area contributed by atoms with Crippen LogP contribution in [0.5, 0.6) is 5.75 Å². The number of rotatable bonds is 6. The molecule has 1 amide bonds. The normalized spacial score (nSPS) is 10.9. The fourth-order valence-corrected chi connectivity index (χ4v) is 3.58. The first kappa shape index (κ1) is 17.1. The molecule has 27 heavy (non-hydrogen) atoms. The summed E-state index contributed by atoms with van der Waals surface area (Å²) in [4.78, 5) is 26.0. The van der Waals surface area contributed by atoms with Crippen LogP contribution in [0.3, 0.4) is 0 Å². The Morgan fingerprint density at radius 3 is 2.78 bits per heavy atom. The third-order valence-electron chi connectivity index (χ3n) is 4.01. The van der Waals surface area contributed by atoms with E-state index in [1.54, 1.807) is 37.4 Å². The molecule has 136 valence electrons. The molecule has 4 rings (SSSR count). The largest absolute Gasteiger partial charge is 0.493 e. The van der Waals surface area contributed by atoms with Crippen LogP contribution >= 0.6 is 11.3 Å². The maximum absolute atomic E-state index is 12.4. The minimum absolute atomic E-state index is 0.174. The molecule has 0 saturated carbocycles. The van der Waals surface area contributed by atoms with Crippen molar-refractivity contribution in [1.29, 1.82) is 0 Å². The highest BCUT2D eigenvalue weighted by molar-refractivity contribution is 7.14. The van der Waals surface area contributed by atoms with Crippen LogP contribution in [-0.2, 0) is 6.54 Å². The number of carbonyl (C=O) groups excluding carboxylic acids is 2. The Balaban J connectivity index is 1.45. The number of benzene rings is 1. The second kappa shape index (κ2) is 7.13. The number of methoxy groups -OCH3 is 1. The van der Waals surface area contributed by atoms with Gasteiger partial charge in [0.15, 0.2) is 22.9 Å². The van der Waals surface area contributed by atoms with E-state index in [9.17, 15) is 9.59 Å². The Morgan fingerprint density at radius 1 is 1.11 bits per heavy atom. The Kier molecular flexibility index (Phi) is 4.52. The number of furan rings is 2. The summed E-state index contributed by atoms with van der Waals surface area (Å²) in [6.07, 6.45) is 1.46. The van der Waals surface area contributed by atoms with Gasteiger partial charge >= 0.3 is 0 Å². The average Bonchev–Trinajstić information content (AvgIpc) is 3.45. The maximum Gasteiger partial charge on any atom is 0.287 e. The summed E-state index contributed by atoms with van der Waals surface area (Å²) in [5, 5.41) is 3.60. The minimum Gasteiger partial charge on any atom is -0.493 e. The molecule has 0 aliphatic rings. The molecular weight excluding hydrogens is 366 g/mol. The number of hydrogen-bond donors (Lipinski definition) is 1. The summed E-state index contributed by atoms with van der Waals surface area (Å²) in [5.41, 5.74) is 0.535. The first-order valence-electron chi connectivity index (χ1n) is 8.17. The molecular formula is C20H15NO5S. The van der Waals surface area contributed by atoms with Crippen molar-refractivity contribution in [1.82, 2.24) is 5.32 Å². The number of para-hydroxylation sites is 1. The SMILES string of the molecule is COc1cccc2cc(C(=O)NCc3ccc(C(=O)c4ccco4)s3)oc12. The molecule has 0 aliphatic heterocycles. The smallest absolute Gasteiger partial charge is 0.287 e. The van der Waals surface area contributed by atoms with Gasteiger partial charge in [-0.2, -0.15) is 0 Å². The summed E-state index contributed by atoms with van der Waals surface area (Å²) in [7, 11) is 1.55. The van der Waals surface area contributed by atoms with E-state index in [0.29, 0.717) is 28.5 Å². The lowest BCUT2D eigenvalue weighted by atomic mass is 10.2. The van der Waals surface area contributed by atoms with Gasteiger partial charge in [-0.1, -0.05) is 12.1 Å². The lowest BCUT2D eigenvalue weighted by molar-refractivity contribution is 0.0925. The van der Waals surface area contributed by atoms with Gasteiger partial charge in [0.1, 0.15) is 0 Å². The molecule has 0 spiro atoms. The number of ether oxygens (including phenoxy) is 1. The fourth-order valence-electron chi connectivity index (χ4n) is 2.69. The van der Waals surface area contributed by atoms with Crippen LogP contribution in [0.2, 0.25) is 0 Å². The van der Waals surface area contributed by atoms with E-state index < -0.39 is 0 Å². The summed E-state index contributed by atoms with van der Waals surface area (Å²) in [5.74, 6) is 0.569. The summed E-state index contributed by atoms with van der Waals surface area (Å²) in [6.45, 7) is 0.295.